The lowest BCUT2D eigenvalue weighted by Crippen LogP contribution is -2.52. The zero-order valence-electron chi connectivity index (χ0n) is 11.9. The summed E-state index contributed by atoms with van der Waals surface area (Å²) in [5, 5.41) is 7.16. The Hall–Kier alpha value is -1.36. The van der Waals surface area contributed by atoms with Crippen molar-refractivity contribution < 1.29 is 4.79 Å². The average molecular weight is 252 g/mol. The third kappa shape index (κ3) is 3.57. The first-order chi connectivity index (χ1) is 8.27. The maximum Gasteiger partial charge on any atom is 0.272 e. The number of carbonyl (C=O) groups is 1. The number of hydrogen-bond acceptors (Lipinski definition) is 3. The van der Waals surface area contributed by atoms with Crippen LogP contribution in [0.15, 0.2) is 6.07 Å². The van der Waals surface area contributed by atoms with E-state index in [4.69, 9.17) is 5.73 Å². The monoisotopic (exact) mass is 252 g/mol. The standard InChI is InChI=1S/C13H24N4O/c1-9(2)7-13(4,8-14)15-12(18)11-6-10(3)17(5)16-11/h6,9H,7-8,14H2,1-5H3,(H,15,18). The fraction of sp³-hybridized carbons (Fsp3) is 0.692. The van der Waals surface area contributed by atoms with Crippen LogP contribution in [-0.4, -0.2) is 27.8 Å². The molecule has 0 fully saturated rings. The third-order valence-corrected chi connectivity index (χ3v) is 3.07. The summed E-state index contributed by atoms with van der Waals surface area (Å²) in [6, 6.07) is 1.78. The normalized spacial score (nSPS) is 14.6. The summed E-state index contributed by atoms with van der Waals surface area (Å²) in [7, 11) is 1.82. The highest BCUT2D eigenvalue weighted by Crippen LogP contribution is 2.16. The van der Waals surface area contributed by atoms with Crippen molar-refractivity contribution in [2.24, 2.45) is 18.7 Å². The van der Waals surface area contributed by atoms with Gasteiger partial charge in [-0.05, 0) is 32.3 Å². The minimum Gasteiger partial charge on any atom is -0.344 e. The number of aromatic nitrogens is 2. The fourth-order valence-corrected chi connectivity index (χ4v) is 2.10. The number of amides is 1. The molecule has 0 aliphatic carbocycles. The van der Waals surface area contributed by atoms with E-state index in [-0.39, 0.29) is 11.4 Å². The molecular formula is C13H24N4O. The van der Waals surface area contributed by atoms with E-state index >= 15 is 0 Å². The molecular weight excluding hydrogens is 228 g/mol. The average Bonchev–Trinajstić information content (AvgIpc) is 2.58. The summed E-state index contributed by atoms with van der Waals surface area (Å²) in [5.41, 5.74) is 6.80. The molecule has 3 N–H and O–H groups in total. The predicted molar refractivity (Wildman–Crippen MR) is 72.3 cm³/mol. The molecule has 5 heteroatoms. The molecule has 0 aromatic carbocycles. The van der Waals surface area contributed by atoms with Gasteiger partial charge in [0.1, 0.15) is 5.69 Å². The quantitative estimate of drug-likeness (QED) is 0.827. The number of nitrogens with zero attached hydrogens (tertiary/aromatic N) is 2. The number of carbonyl (C=O) groups excluding carboxylic acids is 1. The van der Waals surface area contributed by atoms with Gasteiger partial charge < -0.3 is 11.1 Å². The van der Waals surface area contributed by atoms with Gasteiger partial charge in [0, 0.05) is 19.3 Å². The second kappa shape index (κ2) is 5.52. The Balaban J connectivity index is 2.79. The van der Waals surface area contributed by atoms with Gasteiger partial charge in [-0.1, -0.05) is 13.8 Å². The van der Waals surface area contributed by atoms with E-state index in [1.165, 1.54) is 0 Å². The molecule has 0 spiro atoms. The molecule has 1 amide bonds. The van der Waals surface area contributed by atoms with E-state index in [1.807, 2.05) is 20.9 Å². The first-order valence-corrected chi connectivity index (χ1v) is 6.30. The molecule has 0 aliphatic rings. The Morgan fingerprint density at radius 3 is 2.61 bits per heavy atom. The molecule has 1 heterocycles. The van der Waals surface area contributed by atoms with Crippen molar-refractivity contribution >= 4 is 5.91 Å². The van der Waals surface area contributed by atoms with Crippen LogP contribution >= 0.6 is 0 Å². The number of hydrogen-bond donors (Lipinski definition) is 2. The van der Waals surface area contributed by atoms with Gasteiger partial charge in [0.2, 0.25) is 0 Å². The van der Waals surface area contributed by atoms with Crippen molar-refractivity contribution in [3.63, 3.8) is 0 Å². The van der Waals surface area contributed by atoms with Gasteiger partial charge in [-0.15, -0.1) is 0 Å². The van der Waals surface area contributed by atoms with Crippen LogP contribution in [0.3, 0.4) is 0 Å². The van der Waals surface area contributed by atoms with E-state index in [1.54, 1.807) is 10.7 Å². The van der Waals surface area contributed by atoms with Gasteiger partial charge in [-0.25, -0.2) is 0 Å². The van der Waals surface area contributed by atoms with E-state index < -0.39 is 0 Å². The van der Waals surface area contributed by atoms with Crippen molar-refractivity contribution in [1.29, 1.82) is 0 Å². The van der Waals surface area contributed by atoms with Crippen LogP contribution in [0.4, 0.5) is 0 Å². The summed E-state index contributed by atoms with van der Waals surface area (Å²) < 4.78 is 1.69. The summed E-state index contributed by atoms with van der Waals surface area (Å²) in [6.07, 6.45) is 0.848. The SMILES string of the molecule is Cc1cc(C(=O)NC(C)(CN)CC(C)C)nn1C. The van der Waals surface area contributed by atoms with Crippen molar-refractivity contribution in [3.8, 4) is 0 Å². The van der Waals surface area contributed by atoms with Crippen LogP contribution in [0, 0.1) is 12.8 Å². The minimum absolute atomic E-state index is 0.160. The van der Waals surface area contributed by atoms with E-state index in [2.05, 4.69) is 24.3 Å². The molecule has 0 bridgehead atoms. The second-order valence-electron chi connectivity index (χ2n) is 5.61. The maximum absolute atomic E-state index is 12.1. The Labute approximate surface area is 109 Å². The molecule has 102 valence electrons. The van der Waals surface area contributed by atoms with Crippen LogP contribution < -0.4 is 11.1 Å². The van der Waals surface area contributed by atoms with Gasteiger partial charge in [-0.2, -0.15) is 5.10 Å². The summed E-state index contributed by atoms with van der Waals surface area (Å²) in [4.78, 5) is 12.1. The Kier molecular flexibility index (Phi) is 4.51. The summed E-state index contributed by atoms with van der Waals surface area (Å²) >= 11 is 0. The van der Waals surface area contributed by atoms with Gasteiger partial charge >= 0.3 is 0 Å². The van der Waals surface area contributed by atoms with Gasteiger partial charge in [0.25, 0.3) is 5.91 Å². The molecule has 18 heavy (non-hydrogen) atoms. The lowest BCUT2D eigenvalue weighted by Gasteiger charge is -2.30. The molecule has 1 unspecified atom stereocenters. The molecule has 0 aliphatic heterocycles. The second-order valence-corrected chi connectivity index (χ2v) is 5.61. The highest BCUT2D eigenvalue weighted by molar-refractivity contribution is 5.92. The summed E-state index contributed by atoms with van der Waals surface area (Å²) in [5.74, 6) is 0.316. The van der Waals surface area contributed by atoms with E-state index in [9.17, 15) is 4.79 Å². The Bertz CT molecular complexity index is 405. The molecule has 0 radical (unpaired) electrons. The summed E-state index contributed by atoms with van der Waals surface area (Å²) in [6.45, 7) is 8.54. The van der Waals surface area contributed by atoms with Crippen LogP contribution in [0.2, 0.25) is 0 Å². The first kappa shape index (κ1) is 14.7. The molecule has 5 nitrogen and oxygen atoms in total. The van der Waals surface area contributed by atoms with Crippen LogP contribution in [0.25, 0.3) is 0 Å². The van der Waals surface area contributed by atoms with Gasteiger partial charge in [0.05, 0.1) is 5.54 Å². The zero-order chi connectivity index (χ0) is 13.9. The van der Waals surface area contributed by atoms with E-state index in [0.717, 1.165) is 12.1 Å². The largest absolute Gasteiger partial charge is 0.344 e. The minimum atomic E-state index is -0.378. The first-order valence-electron chi connectivity index (χ1n) is 6.30. The topological polar surface area (TPSA) is 72.9 Å². The lowest BCUT2D eigenvalue weighted by atomic mass is 9.90. The van der Waals surface area contributed by atoms with Crippen LogP contribution in [-0.2, 0) is 7.05 Å². The maximum atomic E-state index is 12.1. The number of rotatable bonds is 5. The molecule has 0 saturated heterocycles. The predicted octanol–water partition coefficient (Wildman–Crippen LogP) is 1.22. The molecule has 1 aromatic rings. The van der Waals surface area contributed by atoms with Gasteiger partial charge in [-0.3, -0.25) is 9.48 Å². The Morgan fingerprint density at radius 1 is 1.61 bits per heavy atom. The molecule has 1 aromatic heterocycles. The Morgan fingerprint density at radius 2 is 2.22 bits per heavy atom. The highest BCUT2D eigenvalue weighted by Gasteiger charge is 2.27. The van der Waals surface area contributed by atoms with E-state index in [0.29, 0.717) is 18.2 Å². The van der Waals surface area contributed by atoms with Crippen molar-refractivity contribution in [2.45, 2.75) is 39.7 Å². The van der Waals surface area contributed by atoms with Crippen molar-refractivity contribution in [1.82, 2.24) is 15.1 Å². The number of aryl methyl sites for hydroxylation is 2. The third-order valence-electron chi connectivity index (χ3n) is 3.07. The molecule has 0 saturated carbocycles. The van der Waals surface area contributed by atoms with Crippen molar-refractivity contribution in [2.75, 3.05) is 6.54 Å². The molecule has 1 rings (SSSR count). The number of nitrogens with two attached hydrogens (primary N) is 1. The molecule has 1 atom stereocenters. The van der Waals surface area contributed by atoms with Crippen LogP contribution in [0.1, 0.15) is 43.4 Å². The lowest BCUT2D eigenvalue weighted by molar-refractivity contribution is 0.0892. The highest BCUT2D eigenvalue weighted by atomic mass is 16.2. The fourth-order valence-electron chi connectivity index (χ4n) is 2.10. The van der Waals surface area contributed by atoms with Crippen LogP contribution in [0.5, 0.6) is 0 Å². The smallest absolute Gasteiger partial charge is 0.272 e. The number of nitrogens with one attached hydrogen (secondary N) is 1. The van der Waals surface area contributed by atoms with Gasteiger partial charge in [0.15, 0.2) is 0 Å². The zero-order valence-corrected chi connectivity index (χ0v) is 11.9. The van der Waals surface area contributed by atoms with Crippen molar-refractivity contribution in [3.05, 3.63) is 17.5 Å².